The number of fused-ring (bicyclic) bond motifs is 2. The van der Waals surface area contributed by atoms with Gasteiger partial charge < -0.3 is 5.32 Å². The number of amides is 1. The number of anilines is 1. The first-order valence-corrected chi connectivity index (χ1v) is 8.76. The van der Waals surface area contributed by atoms with Crippen LogP contribution in [0.5, 0.6) is 0 Å². The van der Waals surface area contributed by atoms with Crippen molar-refractivity contribution in [3.63, 3.8) is 0 Å². The second kappa shape index (κ2) is 5.52. The molecule has 4 aromatic rings. The average Bonchev–Trinajstić information content (AvgIpc) is 3.35. The Bertz CT molecular complexity index is 1070. The van der Waals surface area contributed by atoms with Crippen LogP contribution >= 0.6 is 11.3 Å². The summed E-state index contributed by atoms with van der Waals surface area (Å²) in [5.74, 6) is 0.610. The third-order valence-electron chi connectivity index (χ3n) is 4.47. The third-order valence-corrected chi connectivity index (χ3v) is 5.33. The highest BCUT2D eigenvalue weighted by Gasteiger charge is 2.31. The molecule has 0 spiro atoms. The second-order valence-electron chi connectivity index (χ2n) is 5.97. The largest absolute Gasteiger partial charge is 0.311 e. The van der Waals surface area contributed by atoms with Crippen molar-refractivity contribution in [3.05, 3.63) is 57.9 Å². The van der Waals surface area contributed by atoms with E-state index in [2.05, 4.69) is 26.8 Å². The molecule has 0 unspecified atom stereocenters. The van der Waals surface area contributed by atoms with E-state index in [0.29, 0.717) is 24.0 Å². The molecule has 1 aliphatic heterocycles. The highest BCUT2D eigenvalue weighted by molar-refractivity contribution is 7.09. The number of carbonyl (C=O) groups excluding carboxylic acids is 1. The fraction of sp³-hybridized carbons (Fsp3) is 0.176. The standard InChI is InChI=1S/C17H13N5O2S/c23-15-7-12(11-4-1-5-14-16(11)21-24-20-14)13-8-18-22(17(13)19-15)9-10-3-2-6-25-10/h1-6,8,12H,7,9H2,(H,19,23)/t12-/m1/s1. The van der Waals surface area contributed by atoms with Gasteiger partial charge in [-0.2, -0.15) is 5.10 Å². The number of hydrogen-bond donors (Lipinski definition) is 1. The zero-order valence-corrected chi connectivity index (χ0v) is 13.9. The van der Waals surface area contributed by atoms with Gasteiger partial charge in [0.2, 0.25) is 5.91 Å². The van der Waals surface area contributed by atoms with Crippen LogP contribution < -0.4 is 5.32 Å². The molecule has 0 saturated heterocycles. The molecule has 0 radical (unpaired) electrons. The quantitative estimate of drug-likeness (QED) is 0.613. The maximum Gasteiger partial charge on any atom is 0.226 e. The molecule has 0 bridgehead atoms. The molecule has 3 aromatic heterocycles. The Balaban J connectivity index is 1.61. The van der Waals surface area contributed by atoms with Crippen LogP contribution in [0.3, 0.4) is 0 Å². The van der Waals surface area contributed by atoms with Gasteiger partial charge in [-0.3, -0.25) is 4.79 Å². The van der Waals surface area contributed by atoms with E-state index < -0.39 is 0 Å². The van der Waals surface area contributed by atoms with E-state index >= 15 is 0 Å². The van der Waals surface area contributed by atoms with Crippen molar-refractivity contribution in [2.24, 2.45) is 0 Å². The lowest BCUT2D eigenvalue weighted by atomic mass is 9.86. The van der Waals surface area contributed by atoms with E-state index in [9.17, 15) is 4.79 Å². The van der Waals surface area contributed by atoms with Crippen molar-refractivity contribution in [2.45, 2.75) is 18.9 Å². The number of rotatable bonds is 3. The summed E-state index contributed by atoms with van der Waals surface area (Å²) in [6, 6.07) is 9.79. The predicted molar refractivity (Wildman–Crippen MR) is 92.5 cm³/mol. The summed E-state index contributed by atoms with van der Waals surface area (Å²) in [6.45, 7) is 0.635. The first kappa shape index (κ1) is 14.4. The van der Waals surface area contributed by atoms with Crippen molar-refractivity contribution >= 4 is 34.1 Å². The van der Waals surface area contributed by atoms with Crippen LogP contribution in [0.1, 0.15) is 28.3 Å². The molecule has 0 aliphatic carbocycles. The van der Waals surface area contributed by atoms with Gasteiger partial charge >= 0.3 is 0 Å². The van der Waals surface area contributed by atoms with Crippen molar-refractivity contribution in [1.82, 2.24) is 20.1 Å². The normalized spacial score (nSPS) is 16.8. The minimum absolute atomic E-state index is 0.0288. The van der Waals surface area contributed by atoms with E-state index in [4.69, 9.17) is 4.63 Å². The van der Waals surface area contributed by atoms with Crippen LogP contribution in [0.25, 0.3) is 11.0 Å². The average molecular weight is 351 g/mol. The van der Waals surface area contributed by atoms with Crippen LogP contribution in [0.15, 0.2) is 46.5 Å². The molecule has 1 amide bonds. The summed E-state index contributed by atoms with van der Waals surface area (Å²) < 4.78 is 6.71. The minimum atomic E-state index is -0.114. The van der Waals surface area contributed by atoms with E-state index in [1.165, 1.54) is 4.88 Å². The van der Waals surface area contributed by atoms with E-state index in [0.717, 1.165) is 16.9 Å². The molecule has 8 heteroatoms. The Morgan fingerprint density at radius 2 is 2.20 bits per heavy atom. The Kier molecular flexibility index (Phi) is 3.17. The summed E-state index contributed by atoms with van der Waals surface area (Å²) in [5, 5.41) is 17.4. The van der Waals surface area contributed by atoms with Crippen LogP contribution in [0.4, 0.5) is 5.82 Å². The van der Waals surface area contributed by atoms with E-state index in [1.807, 2.05) is 40.5 Å². The number of nitrogens with one attached hydrogen (secondary N) is 1. The van der Waals surface area contributed by atoms with E-state index in [-0.39, 0.29) is 11.8 Å². The van der Waals surface area contributed by atoms with Gasteiger partial charge in [0.25, 0.3) is 0 Å². The Labute approximate surface area is 146 Å². The topological polar surface area (TPSA) is 85.8 Å². The minimum Gasteiger partial charge on any atom is -0.311 e. The maximum atomic E-state index is 12.3. The molecule has 5 rings (SSSR count). The Morgan fingerprint density at radius 3 is 3.08 bits per heavy atom. The number of nitrogens with zero attached hydrogens (tertiary/aromatic N) is 4. The number of benzene rings is 1. The lowest BCUT2D eigenvalue weighted by Crippen LogP contribution is -2.25. The first-order valence-electron chi connectivity index (χ1n) is 7.89. The molecule has 1 N–H and O–H groups in total. The van der Waals surface area contributed by atoms with Crippen LogP contribution in [-0.4, -0.2) is 26.0 Å². The molecule has 0 saturated carbocycles. The zero-order valence-electron chi connectivity index (χ0n) is 13.0. The van der Waals surface area contributed by atoms with Gasteiger partial charge in [-0.1, -0.05) is 18.2 Å². The highest BCUT2D eigenvalue weighted by atomic mass is 32.1. The van der Waals surface area contributed by atoms with Crippen molar-refractivity contribution in [2.75, 3.05) is 5.32 Å². The Morgan fingerprint density at radius 1 is 1.24 bits per heavy atom. The SMILES string of the molecule is O=C1C[C@H](c2cccc3nonc23)c2cnn(Cc3cccs3)c2N1. The van der Waals surface area contributed by atoms with Crippen molar-refractivity contribution < 1.29 is 9.42 Å². The monoisotopic (exact) mass is 351 g/mol. The highest BCUT2D eigenvalue weighted by Crippen LogP contribution is 2.39. The van der Waals surface area contributed by atoms with Gasteiger partial charge in [0.1, 0.15) is 16.9 Å². The molecule has 7 nitrogen and oxygen atoms in total. The summed E-state index contributed by atoms with van der Waals surface area (Å²) >= 11 is 1.67. The van der Waals surface area contributed by atoms with Gasteiger partial charge in [0.15, 0.2) is 0 Å². The molecule has 1 aliphatic rings. The summed E-state index contributed by atoms with van der Waals surface area (Å²) in [7, 11) is 0. The van der Waals surface area contributed by atoms with E-state index in [1.54, 1.807) is 11.3 Å². The third kappa shape index (κ3) is 2.33. The number of hydrogen-bond acceptors (Lipinski definition) is 6. The second-order valence-corrected chi connectivity index (χ2v) is 7.00. The van der Waals surface area contributed by atoms with Gasteiger partial charge in [-0.05, 0) is 33.4 Å². The predicted octanol–water partition coefficient (Wildman–Crippen LogP) is 3.00. The van der Waals surface area contributed by atoms with Crippen LogP contribution in [-0.2, 0) is 11.3 Å². The fourth-order valence-electron chi connectivity index (χ4n) is 3.33. The smallest absolute Gasteiger partial charge is 0.226 e. The molecular weight excluding hydrogens is 338 g/mol. The summed E-state index contributed by atoms with van der Waals surface area (Å²) in [5.41, 5.74) is 3.31. The van der Waals surface area contributed by atoms with Gasteiger partial charge in [-0.15, -0.1) is 11.3 Å². The number of aromatic nitrogens is 4. The summed E-state index contributed by atoms with van der Waals surface area (Å²) in [6.07, 6.45) is 2.18. The van der Waals surface area contributed by atoms with Gasteiger partial charge in [0.05, 0.1) is 12.7 Å². The lowest BCUT2D eigenvalue weighted by molar-refractivity contribution is -0.116. The van der Waals surface area contributed by atoms with Crippen molar-refractivity contribution in [1.29, 1.82) is 0 Å². The Hall–Kier alpha value is -3.00. The molecule has 1 aromatic carbocycles. The van der Waals surface area contributed by atoms with Crippen LogP contribution in [0.2, 0.25) is 0 Å². The lowest BCUT2D eigenvalue weighted by Gasteiger charge is -2.23. The molecule has 4 heterocycles. The summed E-state index contributed by atoms with van der Waals surface area (Å²) in [4.78, 5) is 13.5. The van der Waals surface area contributed by atoms with Crippen LogP contribution in [0, 0.1) is 0 Å². The number of carbonyl (C=O) groups is 1. The van der Waals surface area contributed by atoms with Crippen molar-refractivity contribution in [3.8, 4) is 0 Å². The molecule has 1 atom stereocenters. The molecule has 124 valence electrons. The number of thiophene rings is 1. The van der Waals surface area contributed by atoms with Gasteiger partial charge in [-0.25, -0.2) is 9.31 Å². The zero-order chi connectivity index (χ0) is 16.8. The first-order chi connectivity index (χ1) is 12.3. The van der Waals surface area contributed by atoms with Gasteiger partial charge in [0, 0.05) is 22.8 Å². The fourth-order valence-corrected chi connectivity index (χ4v) is 4.01. The molecule has 25 heavy (non-hydrogen) atoms. The maximum absolute atomic E-state index is 12.3. The molecule has 0 fully saturated rings. The molecular formula is C17H13N5O2S.